The molecule has 0 amide bonds. The lowest BCUT2D eigenvalue weighted by Crippen LogP contribution is -2.47. The second kappa shape index (κ2) is 19.5. The molecule has 0 bridgehead atoms. The first-order valence-corrected chi connectivity index (χ1v) is 22.5. The summed E-state index contributed by atoms with van der Waals surface area (Å²) in [6.45, 7) is 11.8. The molecule has 2 aromatic heterocycles. The number of thiazole rings is 2. The van der Waals surface area contributed by atoms with Crippen LogP contribution in [-0.2, 0) is 34.3 Å². The van der Waals surface area contributed by atoms with Crippen molar-refractivity contribution in [2.75, 3.05) is 36.0 Å². The zero-order chi connectivity index (χ0) is 42.0. The average Bonchev–Trinajstić information content (AvgIpc) is 3.79. The molecule has 14 nitrogen and oxygen atoms in total. The SMILES string of the molecule is Cc1cc(N=Nc2scc[n+]2C)ccc1N1CCN(c2ccc(N=Nc3scc[n+]3C)cc2C)CC1.Cc1ccc(S(=O)(=O)[O-])cc1.Cc1ccc(S(=O)(=O)[O-])cc1. The van der Waals surface area contributed by atoms with E-state index < -0.39 is 20.2 Å². The summed E-state index contributed by atoms with van der Waals surface area (Å²) >= 11 is 3.16. The molecule has 4 aromatic carbocycles. The lowest BCUT2D eigenvalue weighted by atomic mass is 10.1. The monoisotopic (exact) mass is 860 g/mol. The van der Waals surface area contributed by atoms with Crippen LogP contribution in [0.3, 0.4) is 0 Å². The number of aryl methyl sites for hydroxylation is 6. The molecule has 0 spiro atoms. The van der Waals surface area contributed by atoms with Crippen molar-refractivity contribution >= 4 is 75.9 Å². The van der Waals surface area contributed by atoms with Crippen molar-refractivity contribution in [3.63, 3.8) is 0 Å². The van der Waals surface area contributed by atoms with Gasteiger partial charge in [0.2, 0.25) is 0 Å². The standard InChI is InChI=1S/C26H30N8S2.2C7H8O3S/c1-19-17-21(27-29-25-31(3)13-15-35-25)5-7-23(19)33-9-11-34(12-10-33)24-8-6-22(18-20(24)2)28-30-26-32(4)14-16-36-26;2*1-6-2-4-7(5-3-6)11(8,9)10/h5-8,13-18H,9-12H2,1-4H3;2*2-5H,1H3,(H,8,9,10)/q+2;;/p-2. The van der Waals surface area contributed by atoms with Gasteiger partial charge >= 0.3 is 10.3 Å². The number of hydrogen-bond acceptors (Lipinski definition) is 14. The second-order valence-corrected chi connectivity index (χ2v) is 17.9. The highest BCUT2D eigenvalue weighted by atomic mass is 32.2. The quantitative estimate of drug-likeness (QED) is 0.0839. The van der Waals surface area contributed by atoms with Crippen LogP contribution in [0.1, 0.15) is 22.3 Å². The minimum absolute atomic E-state index is 0.178. The number of benzene rings is 4. The molecular weight excluding hydrogens is 817 g/mol. The van der Waals surface area contributed by atoms with Gasteiger partial charge in [0, 0.05) is 48.3 Å². The van der Waals surface area contributed by atoms with Crippen molar-refractivity contribution in [3.8, 4) is 0 Å². The van der Waals surface area contributed by atoms with Crippen LogP contribution < -0.4 is 18.9 Å². The predicted molar refractivity (Wildman–Crippen MR) is 224 cm³/mol. The average molecular weight is 861 g/mol. The summed E-state index contributed by atoms with van der Waals surface area (Å²) in [5.74, 6) is 0. The Balaban J connectivity index is 0.000000236. The minimum atomic E-state index is -4.27. The normalized spacial score (nSPS) is 13.3. The smallest absolute Gasteiger partial charge is 0.408 e. The topological polar surface area (TPSA) is 178 Å². The summed E-state index contributed by atoms with van der Waals surface area (Å²) in [5, 5.41) is 23.4. The van der Waals surface area contributed by atoms with Gasteiger partial charge in [0.1, 0.15) is 44.0 Å². The Morgan fingerprint density at radius 1 is 0.534 bits per heavy atom. The van der Waals surface area contributed by atoms with Crippen LogP contribution >= 0.6 is 22.7 Å². The number of rotatable bonds is 8. The summed E-state index contributed by atoms with van der Waals surface area (Å²) in [5.41, 5.74) is 8.60. The second-order valence-electron chi connectivity index (χ2n) is 13.4. The van der Waals surface area contributed by atoms with Crippen molar-refractivity contribution in [1.82, 2.24) is 0 Å². The molecule has 0 N–H and O–H groups in total. The maximum absolute atomic E-state index is 10.4. The van der Waals surface area contributed by atoms with E-state index in [-0.39, 0.29) is 9.79 Å². The van der Waals surface area contributed by atoms with Crippen LogP contribution in [-0.4, -0.2) is 52.1 Å². The maximum atomic E-state index is 10.4. The molecule has 1 aliphatic heterocycles. The summed E-state index contributed by atoms with van der Waals surface area (Å²) in [4.78, 5) is 4.57. The number of anilines is 2. The molecule has 0 atom stereocenters. The van der Waals surface area contributed by atoms with Crippen LogP contribution in [0.4, 0.5) is 33.0 Å². The van der Waals surface area contributed by atoms with Crippen molar-refractivity contribution < 1.29 is 35.1 Å². The molecule has 6 aromatic rings. The van der Waals surface area contributed by atoms with E-state index in [1.165, 1.54) is 46.8 Å². The lowest BCUT2D eigenvalue weighted by Gasteiger charge is -2.38. The summed E-state index contributed by atoms with van der Waals surface area (Å²) < 4.78 is 66.3. The van der Waals surface area contributed by atoms with Crippen LogP contribution in [0.15, 0.2) is 138 Å². The van der Waals surface area contributed by atoms with Gasteiger partial charge in [-0.1, -0.05) is 35.4 Å². The van der Waals surface area contributed by atoms with Crippen LogP contribution in [0.2, 0.25) is 0 Å². The fourth-order valence-corrected chi connectivity index (χ4v) is 8.06. The van der Waals surface area contributed by atoms with E-state index in [4.69, 9.17) is 0 Å². The molecule has 1 fully saturated rings. The van der Waals surface area contributed by atoms with E-state index in [0.717, 1.165) is 58.9 Å². The number of nitrogens with zero attached hydrogens (tertiary/aromatic N) is 8. The third kappa shape index (κ3) is 12.4. The molecule has 3 heterocycles. The van der Waals surface area contributed by atoms with Crippen LogP contribution in [0.5, 0.6) is 0 Å². The van der Waals surface area contributed by atoms with Gasteiger partial charge in [0.05, 0.1) is 34.1 Å². The Labute approximate surface area is 347 Å². The number of azo groups is 2. The van der Waals surface area contributed by atoms with Crippen molar-refractivity contribution in [2.24, 2.45) is 34.6 Å². The van der Waals surface area contributed by atoms with E-state index in [1.807, 2.05) is 60.2 Å². The molecule has 304 valence electrons. The van der Waals surface area contributed by atoms with Gasteiger partial charge in [-0.2, -0.15) is 0 Å². The fraction of sp³-hybridized carbons (Fsp3) is 0.250. The predicted octanol–water partition coefficient (Wildman–Crippen LogP) is 8.03. The van der Waals surface area contributed by atoms with Crippen LogP contribution in [0, 0.1) is 27.7 Å². The third-order valence-corrected chi connectivity index (χ3v) is 12.3. The summed E-state index contributed by atoms with van der Waals surface area (Å²) in [6.07, 6.45) is 3.97. The van der Waals surface area contributed by atoms with Gasteiger partial charge in [-0.25, -0.2) is 26.0 Å². The maximum Gasteiger partial charge on any atom is 0.408 e. The summed E-state index contributed by atoms with van der Waals surface area (Å²) in [7, 11) is -4.58. The molecule has 18 heteroatoms. The number of piperazine rings is 1. The first kappa shape index (κ1) is 43.9. The zero-order valence-electron chi connectivity index (χ0n) is 32.9. The Hall–Kier alpha value is -5.24. The van der Waals surface area contributed by atoms with Crippen molar-refractivity contribution in [2.45, 2.75) is 37.5 Å². The van der Waals surface area contributed by atoms with E-state index in [2.05, 4.69) is 80.5 Å². The van der Waals surface area contributed by atoms with Gasteiger partial charge < -0.3 is 18.9 Å². The molecule has 0 saturated carbocycles. The van der Waals surface area contributed by atoms with E-state index in [0.29, 0.717) is 0 Å². The highest BCUT2D eigenvalue weighted by Gasteiger charge is 2.21. The molecule has 0 unspecified atom stereocenters. The highest BCUT2D eigenvalue weighted by molar-refractivity contribution is 7.86. The first-order chi connectivity index (χ1) is 27.5. The Morgan fingerprint density at radius 2 is 0.879 bits per heavy atom. The molecular formula is C40H44N8O6S4. The van der Waals surface area contributed by atoms with E-state index in [9.17, 15) is 25.9 Å². The van der Waals surface area contributed by atoms with E-state index in [1.54, 1.807) is 46.9 Å². The van der Waals surface area contributed by atoms with Crippen molar-refractivity contribution in [3.05, 3.63) is 130 Å². The molecule has 58 heavy (non-hydrogen) atoms. The summed E-state index contributed by atoms with van der Waals surface area (Å²) in [6, 6.07) is 24.3. The molecule has 1 saturated heterocycles. The molecule has 0 aliphatic carbocycles. The lowest BCUT2D eigenvalue weighted by molar-refractivity contribution is -0.654. The third-order valence-electron chi connectivity index (χ3n) is 8.96. The number of hydrogen-bond donors (Lipinski definition) is 0. The Bertz CT molecular complexity index is 2420. The largest absolute Gasteiger partial charge is 0.744 e. The fourth-order valence-electron chi connectivity index (χ4n) is 5.76. The van der Waals surface area contributed by atoms with E-state index >= 15 is 0 Å². The molecule has 0 radical (unpaired) electrons. The minimum Gasteiger partial charge on any atom is -0.744 e. The highest BCUT2D eigenvalue weighted by Crippen LogP contribution is 2.31. The van der Waals surface area contributed by atoms with Gasteiger partial charge in [-0.05, 0) is 132 Å². The Kier molecular flexibility index (Phi) is 14.7. The Morgan fingerprint density at radius 3 is 1.16 bits per heavy atom. The van der Waals surface area contributed by atoms with Crippen molar-refractivity contribution in [1.29, 1.82) is 0 Å². The van der Waals surface area contributed by atoms with Gasteiger partial charge in [0.15, 0.2) is 0 Å². The number of aromatic nitrogens is 2. The molecule has 7 rings (SSSR count). The van der Waals surface area contributed by atoms with Gasteiger partial charge in [-0.3, -0.25) is 0 Å². The van der Waals surface area contributed by atoms with Gasteiger partial charge in [-0.15, -0.1) is 0 Å². The zero-order valence-corrected chi connectivity index (χ0v) is 36.1. The molecule has 1 aliphatic rings. The van der Waals surface area contributed by atoms with Gasteiger partial charge in [0.25, 0.3) is 0 Å². The van der Waals surface area contributed by atoms with Crippen LogP contribution in [0.25, 0.3) is 0 Å². The first-order valence-electron chi connectivity index (χ1n) is 17.9.